The van der Waals surface area contributed by atoms with E-state index in [9.17, 15) is 4.79 Å². The first kappa shape index (κ1) is 13.5. The molecule has 1 fully saturated rings. The number of unbranched alkanes of at least 4 members (excludes halogenated alkanes) is 2. The predicted octanol–water partition coefficient (Wildman–Crippen LogP) is 2.21. The van der Waals surface area contributed by atoms with Crippen molar-refractivity contribution in [3.05, 3.63) is 0 Å². The molecule has 1 rings (SSSR count). The van der Waals surface area contributed by atoms with Gasteiger partial charge >= 0.3 is 0 Å². The van der Waals surface area contributed by atoms with E-state index in [1.807, 2.05) is 0 Å². The summed E-state index contributed by atoms with van der Waals surface area (Å²) in [7, 11) is 0. The van der Waals surface area contributed by atoms with Gasteiger partial charge in [0.05, 0.1) is 0 Å². The molecule has 2 atom stereocenters. The second kappa shape index (κ2) is 7.66. The summed E-state index contributed by atoms with van der Waals surface area (Å²) in [6.07, 6.45) is 7.99. The maximum absolute atomic E-state index is 11.4. The first-order valence-corrected chi connectivity index (χ1v) is 6.75. The van der Waals surface area contributed by atoms with Crippen LogP contribution in [0.25, 0.3) is 0 Å². The fraction of sp³-hybridized carbons (Fsp3) is 0.923. The van der Waals surface area contributed by atoms with E-state index in [0.29, 0.717) is 18.5 Å². The van der Waals surface area contributed by atoms with Crippen molar-refractivity contribution in [1.29, 1.82) is 0 Å². The Kier molecular flexibility index (Phi) is 6.46. The molecule has 0 aromatic carbocycles. The molecule has 0 aromatic heterocycles. The van der Waals surface area contributed by atoms with Crippen LogP contribution < -0.4 is 10.6 Å². The third-order valence-electron chi connectivity index (χ3n) is 3.24. The van der Waals surface area contributed by atoms with Gasteiger partial charge in [-0.1, -0.05) is 26.2 Å². The predicted molar refractivity (Wildman–Crippen MR) is 67.4 cm³/mol. The van der Waals surface area contributed by atoms with Gasteiger partial charge < -0.3 is 10.6 Å². The Morgan fingerprint density at radius 3 is 3.06 bits per heavy atom. The van der Waals surface area contributed by atoms with Gasteiger partial charge in [-0.2, -0.15) is 0 Å². The summed E-state index contributed by atoms with van der Waals surface area (Å²) in [6.45, 7) is 5.31. The number of carbonyl (C=O) groups excluding carboxylic acids is 1. The topological polar surface area (TPSA) is 41.1 Å². The molecule has 1 aliphatic heterocycles. The second-order valence-corrected chi connectivity index (χ2v) is 4.96. The van der Waals surface area contributed by atoms with Crippen molar-refractivity contribution in [3.63, 3.8) is 0 Å². The number of rotatable bonds is 6. The van der Waals surface area contributed by atoms with Crippen molar-refractivity contribution in [1.82, 2.24) is 10.6 Å². The van der Waals surface area contributed by atoms with Crippen molar-refractivity contribution in [2.45, 2.75) is 70.9 Å². The molecule has 0 bridgehead atoms. The van der Waals surface area contributed by atoms with Crippen LogP contribution in [0.1, 0.15) is 58.8 Å². The van der Waals surface area contributed by atoms with E-state index in [2.05, 4.69) is 24.5 Å². The molecule has 1 saturated heterocycles. The highest BCUT2D eigenvalue weighted by molar-refractivity contribution is 5.76. The molecule has 3 heteroatoms. The average Bonchev–Trinajstić information content (AvgIpc) is 2.43. The van der Waals surface area contributed by atoms with Crippen LogP contribution in [0.3, 0.4) is 0 Å². The minimum absolute atomic E-state index is 0.204. The molecule has 94 valence electrons. The van der Waals surface area contributed by atoms with Crippen molar-refractivity contribution in [2.75, 3.05) is 6.54 Å². The van der Waals surface area contributed by atoms with Crippen LogP contribution in [-0.4, -0.2) is 24.5 Å². The summed E-state index contributed by atoms with van der Waals surface area (Å²) in [5.74, 6) is 0.204. The zero-order valence-corrected chi connectivity index (χ0v) is 10.7. The summed E-state index contributed by atoms with van der Waals surface area (Å²) in [5.41, 5.74) is 0. The van der Waals surface area contributed by atoms with E-state index in [4.69, 9.17) is 0 Å². The molecule has 0 aromatic rings. The molecule has 3 nitrogen and oxygen atoms in total. The van der Waals surface area contributed by atoms with Crippen molar-refractivity contribution in [3.8, 4) is 0 Å². The number of hydrogen-bond donors (Lipinski definition) is 2. The van der Waals surface area contributed by atoms with Crippen LogP contribution in [0.15, 0.2) is 0 Å². The normalized spacial score (nSPS) is 23.6. The average molecular weight is 226 g/mol. The first-order valence-electron chi connectivity index (χ1n) is 6.75. The molecular formula is C13H26N2O. The monoisotopic (exact) mass is 226 g/mol. The zero-order chi connectivity index (χ0) is 11.8. The number of hydrogen-bond acceptors (Lipinski definition) is 2. The molecule has 0 aliphatic carbocycles. The molecule has 0 saturated carbocycles. The molecule has 1 amide bonds. The highest BCUT2D eigenvalue weighted by atomic mass is 16.1. The van der Waals surface area contributed by atoms with E-state index in [0.717, 1.165) is 19.4 Å². The fourth-order valence-electron chi connectivity index (χ4n) is 2.30. The fourth-order valence-corrected chi connectivity index (χ4v) is 2.30. The molecular weight excluding hydrogens is 200 g/mol. The Morgan fingerprint density at radius 1 is 1.50 bits per heavy atom. The Bertz CT molecular complexity index is 206. The highest BCUT2D eigenvalue weighted by Crippen LogP contribution is 2.09. The third-order valence-corrected chi connectivity index (χ3v) is 3.24. The lowest BCUT2D eigenvalue weighted by molar-refractivity contribution is -0.121. The Morgan fingerprint density at radius 2 is 2.31 bits per heavy atom. The number of carbonyl (C=O) groups is 1. The second-order valence-electron chi connectivity index (χ2n) is 4.96. The van der Waals surface area contributed by atoms with E-state index >= 15 is 0 Å². The molecule has 1 aliphatic rings. The van der Waals surface area contributed by atoms with Crippen LogP contribution in [-0.2, 0) is 4.79 Å². The lowest BCUT2D eigenvalue weighted by Gasteiger charge is -2.21. The van der Waals surface area contributed by atoms with Gasteiger partial charge in [-0.3, -0.25) is 4.79 Å². The summed E-state index contributed by atoms with van der Waals surface area (Å²) < 4.78 is 0. The quantitative estimate of drug-likeness (QED) is 0.682. The Hall–Kier alpha value is -0.570. The van der Waals surface area contributed by atoms with E-state index in [1.54, 1.807) is 0 Å². The summed E-state index contributed by atoms with van der Waals surface area (Å²) >= 11 is 0. The van der Waals surface area contributed by atoms with Gasteiger partial charge in [0.1, 0.15) is 0 Å². The van der Waals surface area contributed by atoms with Gasteiger partial charge in [-0.05, 0) is 26.2 Å². The molecule has 1 heterocycles. The standard InChI is InChI=1S/C13H26N2O/c1-3-4-5-7-11(2)15-12-8-6-9-14-13(16)10-12/h11-12,15H,3-10H2,1-2H3,(H,14,16). The molecule has 16 heavy (non-hydrogen) atoms. The largest absolute Gasteiger partial charge is 0.356 e. The third kappa shape index (κ3) is 5.50. The highest BCUT2D eigenvalue weighted by Gasteiger charge is 2.18. The maximum atomic E-state index is 11.4. The van der Waals surface area contributed by atoms with E-state index < -0.39 is 0 Å². The summed E-state index contributed by atoms with van der Waals surface area (Å²) in [5, 5.41) is 6.51. The Balaban J connectivity index is 2.20. The van der Waals surface area contributed by atoms with Crippen LogP contribution in [0.4, 0.5) is 0 Å². The summed E-state index contributed by atoms with van der Waals surface area (Å²) in [4.78, 5) is 11.4. The minimum atomic E-state index is 0.204. The molecule has 0 spiro atoms. The first-order chi connectivity index (χ1) is 7.72. The van der Waals surface area contributed by atoms with Crippen LogP contribution in [0, 0.1) is 0 Å². The smallest absolute Gasteiger partial charge is 0.221 e. The number of amides is 1. The Labute approximate surface area is 99.4 Å². The van der Waals surface area contributed by atoms with Crippen molar-refractivity contribution < 1.29 is 4.79 Å². The molecule has 2 unspecified atom stereocenters. The van der Waals surface area contributed by atoms with Gasteiger partial charge in [-0.25, -0.2) is 0 Å². The van der Waals surface area contributed by atoms with Crippen LogP contribution >= 0.6 is 0 Å². The van der Waals surface area contributed by atoms with E-state index in [-0.39, 0.29) is 5.91 Å². The SMILES string of the molecule is CCCCCC(C)NC1CCCNC(=O)C1. The van der Waals surface area contributed by atoms with Crippen LogP contribution in [0.5, 0.6) is 0 Å². The zero-order valence-electron chi connectivity index (χ0n) is 10.7. The van der Waals surface area contributed by atoms with E-state index in [1.165, 1.54) is 25.7 Å². The summed E-state index contributed by atoms with van der Waals surface area (Å²) in [6, 6.07) is 0.932. The van der Waals surface area contributed by atoms with Gasteiger partial charge in [-0.15, -0.1) is 0 Å². The van der Waals surface area contributed by atoms with Gasteiger partial charge in [0, 0.05) is 25.0 Å². The van der Waals surface area contributed by atoms with Gasteiger partial charge in [0.15, 0.2) is 0 Å². The van der Waals surface area contributed by atoms with Crippen molar-refractivity contribution in [2.24, 2.45) is 0 Å². The lowest BCUT2D eigenvalue weighted by Crippen LogP contribution is -2.38. The molecule has 0 radical (unpaired) electrons. The molecule has 2 N–H and O–H groups in total. The minimum Gasteiger partial charge on any atom is -0.356 e. The maximum Gasteiger partial charge on any atom is 0.221 e. The van der Waals surface area contributed by atoms with Crippen LogP contribution in [0.2, 0.25) is 0 Å². The van der Waals surface area contributed by atoms with Gasteiger partial charge in [0.25, 0.3) is 0 Å². The number of nitrogens with one attached hydrogen (secondary N) is 2. The van der Waals surface area contributed by atoms with Gasteiger partial charge in [0.2, 0.25) is 5.91 Å². The van der Waals surface area contributed by atoms with Crippen molar-refractivity contribution >= 4 is 5.91 Å². The lowest BCUT2D eigenvalue weighted by atomic mass is 10.1.